The predicted octanol–water partition coefficient (Wildman–Crippen LogP) is 2.58. The number of nitrogens with zero attached hydrogens (tertiary/aromatic N) is 2. The molecule has 0 radical (unpaired) electrons. The fraction of sp³-hybridized carbons (Fsp3) is 0.895. The average Bonchev–Trinajstić information content (AvgIpc) is 3.03. The number of methoxy groups -OCH3 is 2. The molecule has 0 aromatic heterocycles. The molecule has 0 aromatic rings. The standard InChI is InChI=1S/C19H34N2O5/c1-6-8-14(11-17(22)24-5)18-16(13-25-19(2,3)26-18)20-21-10-7-9-15(21)12-23-4/h14-15,18H,6-13H2,1-5H3/b20-16+/t14-,15+,18+/m1/s1. The Kier molecular flexibility index (Phi) is 7.85. The third kappa shape index (κ3) is 5.66. The van der Waals surface area contributed by atoms with Crippen LogP contribution in [0.1, 0.15) is 52.9 Å². The molecule has 0 bridgehead atoms. The number of hydrazone groups is 1. The molecule has 0 aromatic carbocycles. The van der Waals surface area contributed by atoms with Crippen molar-refractivity contribution in [1.82, 2.24) is 5.01 Å². The van der Waals surface area contributed by atoms with E-state index >= 15 is 0 Å². The van der Waals surface area contributed by atoms with Crippen molar-refractivity contribution >= 4 is 11.7 Å². The summed E-state index contributed by atoms with van der Waals surface area (Å²) in [7, 11) is 3.14. The normalized spacial score (nSPS) is 28.3. The van der Waals surface area contributed by atoms with Crippen LogP contribution in [0.4, 0.5) is 0 Å². The van der Waals surface area contributed by atoms with E-state index in [1.807, 2.05) is 13.8 Å². The molecule has 0 unspecified atom stereocenters. The third-order valence-electron chi connectivity index (χ3n) is 5.01. The Balaban J connectivity index is 2.23. The summed E-state index contributed by atoms with van der Waals surface area (Å²) in [6.45, 7) is 7.90. The lowest BCUT2D eigenvalue weighted by molar-refractivity contribution is -0.244. The van der Waals surface area contributed by atoms with Gasteiger partial charge in [-0.3, -0.25) is 9.80 Å². The van der Waals surface area contributed by atoms with Crippen molar-refractivity contribution in [3.63, 3.8) is 0 Å². The lowest BCUT2D eigenvalue weighted by atomic mass is 9.89. The Labute approximate surface area is 157 Å². The van der Waals surface area contributed by atoms with E-state index in [1.54, 1.807) is 7.11 Å². The van der Waals surface area contributed by atoms with Gasteiger partial charge in [0.1, 0.15) is 6.10 Å². The summed E-state index contributed by atoms with van der Waals surface area (Å²) < 4.78 is 22.3. The van der Waals surface area contributed by atoms with E-state index < -0.39 is 5.79 Å². The van der Waals surface area contributed by atoms with Crippen molar-refractivity contribution in [3.05, 3.63) is 0 Å². The van der Waals surface area contributed by atoms with Crippen LogP contribution in [0, 0.1) is 5.92 Å². The van der Waals surface area contributed by atoms with E-state index in [1.165, 1.54) is 7.11 Å². The minimum atomic E-state index is -0.692. The predicted molar refractivity (Wildman–Crippen MR) is 99.0 cm³/mol. The van der Waals surface area contributed by atoms with Gasteiger partial charge in [-0.25, -0.2) is 0 Å². The Morgan fingerprint density at radius 2 is 2.19 bits per heavy atom. The second kappa shape index (κ2) is 9.67. The van der Waals surface area contributed by atoms with E-state index in [2.05, 4.69) is 11.9 Å². The summed E-state index contributed by atoms with van der Waals surface area (Å²) >= 11 is 0. The van der Waals surface area contributed by atoms with E-state index in [-0.39, 0.29) is 24.0 Å². The van der Waals surface area contributed by atoms with Crippen molar-refractivity contribution in [2.45, 2.75) is 70.8 Å². The van der Waals surface area contributed by atoms with Crippen molar-refractivity contribution in [2.24, 2.45) is 11.0 Å². The summed E-state index contributed by atoms with van der Waals surface area (Å²) in [5.74, 6) is -0.880. The lowest BCUT2D eigenvalue weighted by Crippen LogP contribution is -2.50. The average molecular weight is 370 g/mol. The molecule has 0 N–H and O–H groups in total. The van der Waals surface area contributed by atoms with Crippen LogP contribution in [0.3, 0.4) is 0 Å². The summed E-state index contributed by atoms with van der Waals surface area (Å²) in [4.78, 5) is 11.9. The zero-order valence-electron chi connectivity index (χ0n) is 16.8. The van der Waals surface area contributed by atoms with Gasteiger partial charge in [0.05, 0.1) is 38.5 Å². The fourth-order valence-electron chi connectivity index (χ4n) is 3.70. The second-order valence-electron chi connectivity index (χ2n) is 7.56. The maximum absolute atomic E-state index is 11.9. The minimum absolute atomic E-state index is 0.0258. The van der Waals surface area contributed by atoms with Gasteiger partial charge in [-0.2, -0.15) is 5.10 Å². The Hall–Kier alpha value is -1.18. The molecular formula is C19H34N2O5. The van der Waals surface area contributed by atoms with Crippen molar-refractivity contribution in [3.8, 4) is 0 Å². The van der Waals surface area contributed by atoms with Crippen LogP contribution < -0.4 is 0 Å². The van der Waals surface area contributed by atoms with Gasteiger partial charge in [-0.05, 0) is 33.1 Å². The van der Waals surface area contributed by atoms with Crippen LogP contribution in [-0.4, -0.2) is 68.6 Å². The van der Waals surface area contributed by atoms with Gasteiger partial charge < -0.3 is 18.9 Å². The SMILES string of the molecule is CCC[C@H](CC(=O)OC)[C@@H]1OC(C)(C)OC/C1=N\N1CCC[C@H]1COC. The highest BCUT2D eigenvalue weighted by molar-refractivity contribution is 5.91. The molecule has 7 heteroatoms. The van der Waals surface area contributed by atoms with Crippen LogP contribution in [-0.2, 0) is 23.7 Å². The van der Waals surface area contributed by atoms with Gasteiger partial charge >= 0.3 is 5.97 Å². The topological polar surface area (TPSA) is 69.6 Å². The first-order valence-corrected chi connectivity index (χ1v) is 9.61. The molecule has 26 heavy (non-hydrogen) atoms. The highest BCUT2D eigenvalue weighted by atomic mass is 16.7. The van der Waals surface area contributed by atoms with Crippen LogP contribution in [0.2, 0.25) is 0 Å². The molecule has 0 aliphatic carbocycles. The minimum Gasteiger partial charge on any atom is -0.469 e. The molecule has 2 rings (SSSR count). The fourth-order valence-corrected chi connectivity index (χ4v) is 3.70. The number of carbonyl (C=O) groups excluding carboxylic acids is 1. The molecule has 2 aliphatic heterocycles. The number of hydrogen-bond donors (Lipinski definition) is 0. The summed E-state index contributed by atoms with van der Waals surface area (Å²) in [5, 5.41) is 6.98. The van der Waals surface area contributed by atoms with Crippen molar-refractivity contribution in [1.29, 1.82) is 0 Å². The summed E-state index contributed by atoms with van der Waals surface area (Å²) in [6, 6.07) is 0.285. The Morgan fingerprint density at radius 1 is 1.42 bits per heavy atom. The molecule has 2 saturated heterocycles. The van der Waals surface area contributed by atoms with Gasteiger partial charge in [0, 0.05) is 19.6 Å². The van der Waals surface area contributed by atoms with E-state index in [9.17, 15) is 4.79 Å². The van der Waals surface area contributed by atoms with Gasteiger partial charge in [0.15, 0.2) is 5.79 Å². The summed E-state index contributed by atoms with van der Waals surface area (Å²) in [6.07, 6.45) is 4.09. The third-order valence-corrected chi connectivity index (χ3v) is 5.01. The molecule has 0 saturated carbocycles. The number of esters is 1. The molecule has 2 aliphatic rings. The van der Waals surface area contributed by atoms with Gasteiger partial charge in [-0.15, -0.1) is 0 Å². The number of hydrogen-bond acceptors (Lipinski definition) is 7. The van der Waals surface area contributed by atoms with Crippen molar-refractivity contribution in [2.75, 3.05) is 34.0 Å². The monoisotopic (exact) mass is 370 g/mol. The van der Waals surface area contributed by atoms with E-state index in [4.69, 9.17) is 24.0 Å². The summed E-state index contributed by atoms with van der Waals surface area (Å²) in [5.41, 5.74) is 0.856. The number of carbonyl (C=O) groups is 1. The van der Waals surface area contributed by atoms with Crippen LogP contribution in [0.25, 0.3) is 0 Å². The smallest absolute Gasteiger partial charge is 0.305 e. The highest BCUT2D eigenvalue weighted by Crippen LogP contribution is 2.31. The first-order valence-electron chi connectivity index (χ1n) is 9.61. The molecule has 3 atom stereocenters. The molecule has 7 nitrogen and oxygen atoms in total. The van der Waals surface area contributed by atoms with Crippen molar-refractivity contribution < 1.29 is 23.7 Å². The number of ether oxygens (including phenoxy) is 4. The highest BCUT2D eigenvalue weighted by Gasteiger charge is 2.40. The maximum Gasteiger partial charge on any atom is 0.305 e. The maximum atomic E-state index is 11.9. The Bertz CT molecular complexity index is 494. The van der Waals surface area contributed by atoms with E-state index in [0.29, 0.717) is 19.6 Å². The molecule has 2 heterocycles. The molecule has 0 spiro atoms. The largest absolute Gasteiger partial charge is 0.469 e. The second-order valence-corrected chi connectivity index (χ2v) is 7.56. The molecule has 2 fully saturated rings. The van der Waals surface area contributed by atoms with Gasteiger partial charge in [0.25, 0.3) is 0 Å². The zero-order valence-corrected chi connectivity index (χ0v) is 16.8. The first kappa shape index (κ1) is 21.1. The lowest BCUT2D eigenvalue weighted by Gasteiger charge is -2.40. The van der Waals surface area contributed by atoms with Gasteiger partial charge in [0.2, 0.25) is 0 Å². The molecular weight excluding hydrogens is 336 g/mol. The quantitative estimate of drug-likeness (QED) is 0.612. The molecule has 0 amide bonds. The Morgan fingerprint density at radius 3 is 2.85 bits per heavy atom. The van der Waals surface area contributed by atoms with Crippen LogP contribution in [0.5, 0.6) is 0 Å². The first-order chi connectivity index (χ1) is 12.4. The zero-order chi connectivity index (χ0) is 19.2. The van der Waals surface area contributed by atoms with Crippen LogP contribution in [0.15, 0.2) is 5.10 Å². The van der Waals surface area contributed by atoms with E-state index in [0.717, 1.165) is 37.9 Å². The van der Waals surface area contributed by atoms with Crippen LogP contribution >= 0.6 is 0 Å². The van der Waals surface area contributed by atoms with Gasteiger partial charge in [-0.1, -0.05) is 13.3 Å². The molecule has 150 valence electrons. The number of rotatable bonds is 8.